The molecule has 0 saturated heterocycles. The number of benzene rings is 2. The quantitative estimate of drug-likeness (QED) is 0.804. The molecule has 0 aliphatic heterocycles. The van der Waals surface area contributed by atoms with Gasteiger partial charge in [-0.1, -0.05) is 42.3 Å². The maximum Gasteiger partial charge on any atom is 0.122 e. The number of phenolic OH excluding ortho intramolecular Hbond substituents is 1. The minimum atomic E-state index is 0.201. The van der Waals surface area contributed by atoms with E-state index in [1.165, 1.54) is 27.8 Å². The van der Waals surface area contributed by atoms with Crippen LogP contribution >= 0.6 is 0 Å². The van der Waals surface area contributed by atoms with Gasteiger partial charge in [0.15, 0.2) is 0 Å². The SMILES string of the molecule is Cc1cc(C)c(C)c(C(C)c2cc(C)cc(C)c2O)c1. The third-order valence-corrected chi connectivity index (χ3v) is 4.26. The van der Waals surface area contributed by atoms with Crippen LogP contribution in [0.4, 0.5) is 0 Å². The second-order valence-corrected chi connectivity index (χ2v) is 6.04. The first-order valence-corrected chi connectivity index (χ1v) is 7.19. The molecular formula is C19H24O. The van der Waals surface area contributed by atoms with Gasteiger partial charge in [-0.25, -0.2) is 0 Å². The molecule has 0 bridgehead atoms. The number of aromatic hydroxyl groups is 1. The van der Waals surface area contributed by atoms with Crippen molar-refractivity contribution in [2.24, 2.45) is 0 Å². The second kappa shape index (κ2) is 5.32. The standard InChI is InChI=1S/C19H24O/c1-11-7-13(3)15(5)17(9-11)16(6)18-10-12(2)8-14(4)19(18)20/h7-10,16,20H,1-6H3. The zero-order valence-electron chi connectivity index (χ0n) is 13.3. The molecule has 1 unspecified atom stereocenters. The lowest BCUT2D eigenvalue weighted by molar-refractivity contribution is 0.461. The summed E-state index contributed by atoms with van der Waals surface area (Å²) in [6.45, 7) is 12.7. The molecule has 0 spiro atoms. The van der Waals surface area contributed by atoms with E-state index in [0.29, 0.717) is 5.75 Å². The van der Waals surface area contributed by atoms with E-state index >= 15 is 0 Å². The van der Waals surface area contributed by atoms with Gasteiger partial charge in [0, 0.05) is 11.5 Å². The number of rotatable bonds is 2. The molecule has 0 heterocycles. The first kappa shape index (κ1) is 14.6. The highest BCUT2D eigenvalue weighted by Gasteiger charge is 2.17. The Balaban J connectivity index is 2.60. The Kier molecular flexibility index (Phi) is 3.89. The van der Waals surface area contributed by atoms with Crippen molar-refractivity contribution in [2.45, 2.75) is 47.5 Å². The minimum Gasteiger partial charge on any atom is -0.507 e. The molecule has 20 heavy (non-hydrogen) atoms. The molecule has 2 aromatic rings. The van der Waals surface area contributed by atoms with E-state index in [2.05, 4.69) is 52.8 Å². The van der Waals surface area contributed by atoms with Gasteiger partial charge in [-0.15, -0.1) is 0 Å². The van der Waals surface area contributed by atoms with Crippen LogP contribution < -0.4 is 0 Å². The summed E-state index contributed by atoms with van der Waals surface area (Å²) < 4.78 is 0. The summed E-state index contributed by atoms with van der Waals surface area (Å²) in [5.41, 5.74) is 8.40. The molecule has 0 radical (unpaired) electrons. The predicted molar refractivity (Wildman–Crippen MR) is 85.8 cm³/mol. The average Bonchev–Trinajstić information content (AvgIpc) is 2.37. The molecule has 0 aliphatic carbocycles. The minimum absolute atomic E-state index is 0.201. The summed E-state index contributed by atoms with van der Waals surface area (Å²) in [4.78, 5) is 0. The van der Waals surface area contributed by atoms with Crippen LogP contribution in [0.3, 0.4) is 0 Å². The van der Waals surface area contributed by atoms with E-state index in [1.807, 2.05) is 13.0 Å². The van der Waals surface area contributed by atoms with E-state index in [9.17, 15) is 5.11 Å². The predicted octanol–water partition coefficient (Wildman–Crippen LogP) is 5.09. The van der Waals surface area contributed by atoms with Crippen molar-refractivity contribution in [3.05, 3.63) is 63.2 Å². The molecule has 2 aromatic carbocycles. The smallest absolute Gasteiger partial charge is 0.122 e. The van der Waals surface area contributed by atoms with Crippen LogP contribution in [0.5, 0.6) is 5.75 Å². The Morgan fingerprint density at radius 2 is 1.25 bits per heavy atom. The van der Waals surface area contributed by atoms with Crippen LogP contribution in [0.25, 0.3) is 0 Å². The maximum absolute atomic E-state index is 10.4. The van der Waals surface area contributed by atoms with Crippen molar-refractivity contribution in [1.29, 1.82) is 0 Å². The first-order chi connectivity index (χ1) is 9.31. The second-order valence-electron chi connectivity index (χ2n) is 6.04. The van der Waals surface area contributed by atoms with Crippen LogP contribution in [-0.2, 0) is 0 Å². The Labute approximate surface area is 122 Å². The zero-order valence-corrected chi connectivity index (χ0v) is 13.3. The Hall–Kier alpha value is -1.76. The molecule has 1 heteroatoms. The Bertz CT molecular complexity index is 596. The van der Waals surface area contributed by atoms with Crippen LogP contribution in [0.15, 0.2) is 24.3 Å². The zero-order chi connectivity index (χ0) is 15.0. The number of phenols is 1. The Morgan fingerprint density at radius 1 is 0.750 bits per heavy atom. The van der Waals surface area contributed by atoms with Crippen molar-refractivity contribution < 1.29 is 5.11 Å². The third kappa shape index (κ3) is 2.58. The Morgan fingerprint density at radius 3 is 1.85 bits per heavy atom. The van der Waals surface area contributed by atoms with Crippen LogP contribution in [-0.4, -0.2) is 5.11 Å². The molecule has 0 saturated carbocycles. The molecule has 0 aromatic heterocycles. The number of hydrogen-bond donors (Lipinski definition) is 1. The fourth-order valence-electron chi connectivity index (χ4n) is 3.01. The molecule has 0 amide bonds. The van der Waals surface area contributed by atoms with Crippen molar-refractivity contribution in [1.82, 2.24) is 0 Å². The van der Waals surface area contributed by atoms with Gasteiger partial charge in [0.1, 0.15) is 5.75 Å². The molecule has 1 atom stereocenters. The average molecular weight is 268 g/mol. The van der Waals surface area contributed by atoms with Gasteiger partial charge in [-0.2, -0.15) is 0 Å². The lowest BCUT2D eigenvalue weighted by Crippen LogP contribution is -2.03. The van der Waals surface area contributed by atoms with Gasteiger partial charge in [0.25, 0.3) is 0 Å². The largest absolute Gasteiger partial charge is 0.507 e. The molecule has 1 nitrogen and oxygen atoms in total. The van der Waals surface area contributed by atoms with Crippen LogP contribution in [0, 0.1) is 34.6 Å². The van der Waals surface area contributed by atoms with Gasteiger partial charge >= 0.3 is 0 Å². The fourth-order valence-corrected chi connectivity index (χ4v) is 3.01. The first-order valence-electron chi connectivity index (χ1n) is 7.19. The van der Waals surface area contributed by atoms with Gasteiger partial charge in [-0.05, 0) is 56.9 Å². The van der Waals surface area contributed by atoms with Gasteiger partial charge in [0.2, 0.25) is 0 Å². The summed E-state index contributed by atoms with van der Waals surface area (Å²) >= 11 is 0. The summed E-state index contributed by atoms with van der Waals surface area (Å²) in [6, 6.07) is 8.58. The number of aryl methyl sites for hydroxylation is 4. The lowest BCUT2D eigenvalue weighted by Gasteiger charge is -2.20. The summed E-state index contributed by atoms with van der Waals surface area (Å²) in [5.74, 6) is 0.633. The van der Waals surface area contributed by atoms with E-state index in [1.54, 1.807) is 0 Å². The molecule has 0 aliphatic rings. The molecular weight excluding hydrogens is 244 g/mol. The topological polar surface area (TPSA) is 20.2 Å². The van der Waals surface area contributed by atoms with Crippen molar-refractivity contribution in [3.8, 4) is 5.75 Å². The molecule has 106 valence electrons. The number of hydrogen-bond acceptors (Lipinski definition) is 1. The highest BCUT2D eigenvalue weighted by molar-refractivity contribution is 5.50. The lowest BCUT2D eigenvalue weighted by atomic mass is 9.85. The summed E-state index contributed by atoms with van der Waals surface area (Å²) in [7, 11) is 0. The maximum atomic E-state index is 10.4. The van der Waals surface area contributed by atoms with E-state index in [0.717, 1.165) is 11.1 Å². The summed E-state index contributed by atoms with van der Waals surface area (Å²) in [5, 5.41) is 10.4. The van der Waals surface area contributed by atoms with E-state index in [4.69, 9.17) is 0 Å². The molecule has 1 N–H and O–H groups in total. The van der Waals surface area contributed by atoms with Gasteiger partial charge in [0.05, 0.1) is 0 Å². The highest BCUT2D eigenvalue weighted by Crippen LogP contribution is 2.36. The monoisotopic (exact) mass is 268 g/mol. The molecule has 0 fully saturated rings. The van der Waals surface area contributed by atoms with Gasteiger partial charge in [-0.3, -0.25) is 0 Å². The van der Waals surface area contributed by atoms with Gasteiger partial charge < -0.3 is 5.11 Å². The third-order valence-electron chi connectivity index (χ3n) is 4.26. The van der Waals surface area contributed by atoms with E-state index in [-0.39, 0.29) is 5.92 Å². The van der Waals surface area contributed by atoms with Crippen molar-refractivity contribution >= 4 is 0 Å². The summed E-state index contributed by atoms with van der Waals surface area (Å²) in [6.07, 6.45) is 0. The normalized spacial score (nSPS) is 12.5. The van der Waals surface area contributed by atoms with Crippen LogP contribution in [0.1, 0.15) is 51.8 Å². The fraction of sp³-hybridized carbons (Fsp3) is 0.368. The highest BCUT2D eigenvalue weighted by atomic mass is 16.3. The van der Waals surface area contributed by atoms with Crippen molar-refractivity contribution in [2.75, 3.05) is 0 Å². The molecule has 2 rings (SSSR count). The van der Waals surface area contributed by atoms with Crippen molar-refractivity contribution in [3.63, 3.8) is 0 Å². The van der Waals surface area contributed by atoms with E-state index < -0.39 is 0 Å². The van der Waals surface area contributed by atoms with Crippen LogP contribution in [0.2, 0.25) is 0 Å².